The van der Waals surface area contributed by atoms with Crippen LogP contribution in [0.3, 0.4) is 0 Å². The molecule has 0 bridgehead atoms. The number of rotatable bonds is 3. The number of hydrazine groups is 1. The number of nitrogens with one attached hydrogen (secondary N) is 2. The van der Waals surface area contributed by atoms with E-state index < -0.39 is 0 Å². The van der Waals surface area contributed by atoms with Crippen LogP contribution in [-0.2, 0) is 34.7 Å². The molecular weight excluding hydrogens is 255 g/mol. The number of hydrogen-bond acceptors (Lipinski definition) is 4. The smallest absolute Gasteiger partial charge is 0.322 e. The fourth-order valence-electron chi connectivity index (χ4n) is 1.55. The molecule has 1 saturated heterocycles. The van der Waals surface area contributed by atoms with Crippen LogP contribution in [0.2, 0.25) is 0 Å². The zero-order valence-electron chi connectivity index (χ0n) is 9.43. The third-order valence-electron chi connectivity index (χ3n) is 2.43. The van der Waals surface area contributed by atoms with Crippen LogP contribution in [0.1, 0.15) is 12.0 Å². The number of esters is 1. The summed E-state index contributed by atoms with van der Waals surface area (Å²) >= 11 is 0. The molecule has 1 aromatic rings. The normalized spacial score (nSPS) is 19.2. The summed E-state index contributed by atoms with van der Waals surface area (Å²) in [7, 11) is 0. The van der Waals surface area contributed by atoms with Gasteiger partial charge in [-0.15, -0.1) is 6.54 Å². The number of ether oxygens (including phenoxy) is 1. The number of carbonyl (C=O) groups is 1. The molecule has 0 aliphatic carbocycles. The Hall–Kier alpha value is -0.806. The maximum Gasteiger partial charge on any atom is 0.322 e. The Labute approximate surface area is 113 Å². The Kier molecular flexibility index (Phi) is 6.30. The molecule has 1 fully saturated rings. The SMILES string of the molecule is O=C(OCc1ccccc1)C1C[CH-]CNN1.[V]. The molecule has 17 heavy (non-hydrogen) atoms. The molecular formula is C12H15N2O2V-. The van der Waals surface area contributed by atoms with Crippen molar-refractivity contribution in [3.8, 4) is 0 Å². The molecule has 1 aliphatic rings. The summed E-state index contributed by atoms with van der Waals surface area (Å²) in [6.07, 6.45) is 2.73. The van der Waals surface area contributed by atoms with Crippen LogP contribution in [0.25, 0.3) is 0 Å². The van der Waals surface area contributed by atoms with Gasteiger partial charge < -0.3 is 11.2 Å². The summed E-state index contributed by atoms with van der Waals surface area (Å²) in [5.41, 5.74) is 6.81. The van der Waals surface area contributed by atoms with Crippen molar-refractivity contribution in [1.29, 1.82) is 0 Å². The first-order chi connectivity index (χ1) is 7.86. The summed E-state index contributed by atoms with van der Waals surface area (Å²) in [6.45, 7) is 1.11. The van der Waals surface area contributed by atoms with E-state index >= 15 is 0 Å². The van der Waals surface area contributed by atoms with Crippen LogP contribution in [0.15, 0.2) is 30.3 Å². The van der Waals surface area contributed by atoms with E-state index in [9.17, 15) is 4.79 Å². The van der Waals surface area contributed by atoms with E-state index in [0.29, 0.717) is 13.0 Å². The van der Waals surface area contributed by atoms with E-state index in [1.165, 1.54) is 0 Å². The summed E-state index contributed by atoms with van der Waals surface area (Å²) < 4.78 is 5.21. The topological polar surface area (TPSA) is 50.4 Å². The number of carbonyl (C=O) groups excluding carboxylic acids is 1. The minimum atomic E-state index is -0.266. The molecule has 91 valence electrons. The fourth-order valence-corrected chi connectivity index (χ4v) is 1.55. The first-order valence-electron chi connectivity index (χ1n) is 5.37. The third-order valence-corrected chi connectivity index (χ3v) is 2.43. The van der Waals surface area contributed by atoms with Gasteiger partial charge in [0.25, 0.3) is 0 Å². The third kappa shape index (κ3) is 4.52. The van der Waals surface area contributed by atoms with Crippen LogP contribution in [0.5, 0.6) is 0 Å². The number of hydrogen-bond donors (Lipinski definition) is 2. The van der Waals surface area contributed by atoms with Crippen molar-refractivity contribution in [3.63, 3.8) is 0 Å². The van der Waals surface area contributed by atoms with Gasteiger partial charge in [0.1, 0.15) is 6.61 Å². The Morgan fingerprint density at radius 3 is 2.82 bits per heavy atom. The Morgan fingerprint density at radius 1 is 1.41 bits per heavy atom. The van der Waals surface area contributed by atoms with E-state index in [2.05, 4.69) is 10.9 Å². The van der Waals surface area contributed by atoms with Crippen molar-refractivity contribution in [2.24, 2.45) is 0 Å². The molecule has 4 nitrogen and oxygen atoms in total. The van der Waals surface area contributed by atoms with Crippen molar-refractivity contribution in [3.05, 3.63) is 42.3 Å². The van der Waals surface area contributed by atoms with E-state index in [-0.39, 0.29) is 30.6 Å². The van der Waals surface area contributed by atoms with Gasteiger partial charge in [-0.3, -0.25) is 10.2 Å². The molecule has 2 N–H and O–H groups in total. The van der Waals surface area contributed by atoms with Crippen LogP contribution in [0.4, 0.5) is 0 Å². The Balaban J connectivity index is 0.00000144. The fraction of sp³-hybridized carbons (Fsp3) is 0.333. The minimum Gasteiger partial charge on any atom is -0.460 e. The molecule has 1 radical (unpaired) electrons. The monoisotopic (exact) mass is 270 g/mol. The van der Waals surface area contributed by atoms with Gasteiger partial charge in [-0.2, -0.15) is 6.42 Å². The Bertz CT molecular complexity index is 340. The average Bonchev–Trinajstić information content (AvgIpc) is 2.38. The zero-order valence-corrected chi connectivity index (χ0v) is 10.8. The van der Waals surface area contributed by atoms with Crippen LogP contribution < -0.4 is 10.9 Å². The van der Waals surface area contributed by atoms with Crippen LogP contribution in [-0.4, -0.2) is 18.6 Å². The second-order valence-corrected chi connectivity index (χ2v) is 3.70. The first kappa shape index (κ1) is 14.3. The second kappa shape index (κ2) is 7.51. The van der Waals surface area contributed by atoms with Gasteiger partial charge in [0.05, 0.1) is 6.04 Å². The molecule has 0 aromatic heterocycles. The summed E-state index contributed by atoms with van der Waals surface area (Å²) in [6, 6.07) is 9.40. The quantitative estimate of drug-likeness (QED) is 0.630. The number of benzene rings is 1. The molecule has 1 atom stereocenters. The maximum atomic E-state index is 11.6. The van der Waals surface area contributed by atoms with Gasteiger partial charge >= 0.3 is 5.97 Å². The molecule has 0 saturated carbocycles. The van der Waals surface area contributed by atoms with Gasteiger partial charge in [-0.1, -0.05) is 30.3 Å². The molecule has 1 aliphatic heterocycles. The minimum absolute atomic E-state index is 0. The van der Waals surface area contributed by atoms with Gasteiger partial charge in [0.15, 0.2) is 0 Å². The summed E-state index contributed by atoms with van der Waals surface area (Å²) in [5.74, 6) is -0.215. The van der Waals surface area contributed by atoms with E-state index in [0.717, 1.165) is 12.1 Å². The predicted molar refractivity (Wildman–Crippen MR) is 60.1 cm³/mol. The van der Waals surface area contributed by atoms with Crippen molar-refractivity contribution in [1.82, 2.24) is 10.9 Å². The van der Waals surface area contributed by atoms with E-state index in [4.69, 9.17) is 4.74 Å². The standard InChI is InChI=1S/C12H15N2O2.V/c15-12(11-7-4-8-13-14-11)16-9-10-5-2-1-3-6-10;/h1-6,11,13-14H,7-9H2;/q-1;. The molecule has 0 spiro atoms. The van der Waals surface area contributed by atoms with Crippen molar-refractivity contribution in [2.45, 2.75) is 19.1 Å². The van der Waals surface area contributed by atoms with Crippen molar-refractivity contribution < 1.29 is 28.1 Å². The zero-order chi connectivity index (χ0) is 11.2. The molecule has 1 aromatic carbocycles. The molecule has 1 heterocycles. The average molecular weight is 270 g/mol. The molecule has 0 amide bonds. The van der Waals surface area contributed by atoms with Crippen molar-refractivity contribution in [2.75, 3.05) is 6.54 Å². The largest absolute Gasteiger partial charge is 0.460 e. The second-order valence-electron chi connectivity index (χ2n) is 3.70. The molecule has 1 unspecified atom stereocenters. The van der Waals surface area contributed by atoms with Crippen LogP contribution in [0, 0.1) is 6.42 Å². The molecule has 5 heteroatoms. The maximum absolute atomic E-state index is 11.6. The predicted octanol–water partition coefficient (Wildman–Crippen LogP) is 0.798. The van der Waals surface area contributed by atoms with E-state index in [1.807, 2.05) is 36.8 Å². The van der Waals surface area contributed by atoms with E-state index in [1.54, 1.807) is 0 Å². The van der Waals surface area contributed by atoms with Gasteiger partial charge in [0.2, 0.25) is 0 Å². The summed E-state index contributed by atoms with van der Waals surface area (Å²) in [5, 5.41) is 0. The van der Waals surface area contributed by atoms with Gasteiger partial charge in [-0.25, -0.2) is 5.43 Å². The Morgan fingerprint density at radius 2 is 2.18 bits per heavy atom. The van der Waals surface area contributed by atoms with Gasteiger partial charge in [0, 0.05) is 18.6 Å². The first-order valence-corrected chi connectivity index (χ1v) is 5.37. The summed E-state index contributed by atoms with van der Waals surface area (Å²) in [4.78, 5) is 11.6. The van der Waals surface area contributed by atoms with Gasteiger partial charge in [-0.05, 0) is 5.56 Å². The van der Waals surface area contributed by atoms with Crippen molar-refractivity contribution >= 4 is 5.97 Å². The van der Waals surface area contributed by atoms with Crippen LogP contribution >= 0.6 is 0 Å². The molecule has 2 rings (SSSR count).